The molecule has 3 rings (SSSR count). The van der Waals surface area contributed by atoms with Crippen LogP contribution < -0.4 is 10.9 Å². The first-order chi connectivity index (χ1) is 11.8. The van der Waals surface area contributed by atoms with Crippen molar-refractivity contribution < 1.29 is 17.6 Å². The van der Waals surface area contributed by atoms with Gasteiger partial charge in [-0.1, -0.05) is 12.1 Å². The van der Waals surface area contributed by atoms with Gasteiger partial charge in [0.05, 0.1) is 17.2 Å². The number of sulfone groups is 1. The van der Waals surface area contributed by atoms with Crippen LogP contribution in [0.25, 0.3) is 11.3 Å². The number of hydrogen-bond donors (Lipinski definition) is 1. The lowest BCUT2D eigenvalue weighted by molar-refractivity contribution is -0.122. The Morgan fingerprint density at radius 3 is 2.72 bits per heavy atom. The molecule has 1 aromatic heterocycles. The van der Waals surface area contributed by atoms with Crippen LogP contribution in [-0.4, -0.2) is 41.7 Å². The van der Waals surface area contributed by atoms with Crippen LogP contribution in [0.2, 0.25) is 0 Å². The summed E-state index contributed by atoms with van der Waals surface area (Å²) in [7, 11) is -3.11. The number of halogens is 1. The zero-order valence-corrected chi connectivity index (χ0v) is 14.0. The molecule has 25 heavy (non-hydrogen) atoms. The summed E-state index contributed by atoms with van der Waals surface area (Å²) in [5.41, 5.74) is -0.0539. The number of hydrogen-bond acceptors (Lipinski definition) is 5. The summed E-state index contributed by atoms with van der Waals surface area (Å²) in [6.07, 6.45) is 0.353. The summed E-state index contributed by atoms with van der Waals surface area (Å²) in [5, 5.41) is 6.62. The second kappa shape index (κ2) is 6.75. The van der Waals surface area contributed by atoms with Crippen LogP contribution in [0.15, 0.2) is 41.2 Å². The van der Waals surface area contributed by atoms with Gasteiger partial charge in [-0.25, -0.2) is 17.5 Å². The third kappa shape index (κ3) is 4.11. The molecular formula is C16H16FN3O4S. The number of benzene rings is 1. The van der Waals surface area contributed by atoms with Crippen LogP contribution in [0.5, 0.6) is 0 Å². The third-order valence-electron chi connectivity index (χ3n) is 3.91. The molecule has 0 aliphatic carbocycles. The van der Waals surface area contributed by atoms with Gasteiger partial charge in [-0.15, -0.1) is 0 Å². The summed E-state index contributed by atoms with van der Waals surface area (Å²) < 4.78 is 37.6. The summed E-state index contributed by atoms with van der Waals surface area (Å²) in [5.74, 6) is -1.06. The Labute approximate surface area is 143 Å². The Morgan fingerprint density at radius 1 is 1.28 bits per heavy atom. The van der Waals surface area contributed by atoms with Crippen molar-refractivity contribution >= 4 is 15.7 Å². The van der Waals surface area contributed by atoms with Crippen LogP contribution in [0.1, 0.15) is 6.42 Å². The van der Waals surface area contributed by atoms with E-state index in [1.54, 1.807) is 6.07 Å². The molecule has 1 unspecified atom stereocenters. The fourth-order valence-corrected chi connectivity index (χ4v) is 4.37. The van der Waals surface area contributed by atoms with Crippen molar-refractivity contribution in [2.75, 3.05) is 11.5 Å². The van der Waals surface area contributed by atoms with Gasteiger partial charge in [-0.2, -0.15) is 5.10 Å². The van der Waals surface area contributed by atoms with Gasteiger partial charge in [0.25, 0.3) is 5.56 Å². The molecular weight excluding hydrogens is 349 g/mol. The average molecular weight is 365 g/mol. The topological polar surface area (TPSA) is 98.1 Å². The number of nitrogens with one attached hydrogen (secondary N) is 1. The van der Waals surface area contributed by atoms with Crippen LogP contribution in [0.4, 0.5) is 4.39 Å². The zero-order chi connectivity index (χ0) is 18.0. The first-order valence-corrected chi connectivity index (χ1v) is 9.49. The number of nitrogens with zero attached hydrogens (tertiary/aromatic N) is 2. The molecule has 0 bridgehead atoms. The minimum atomic E-state index is -3.11. The molecule has 1 fully saturated rings. The SMILES string of the molecule is O=C(Cn1nc(-c2ccccc2F)ccc1=O)NC1CCS(=O)(=O)C1. The van der Waals surface area contributed by atoms with Gasteiger partial charge in [0.1, 0.15) is 12.4 Å². The number of rotatable bonds is 4. The highest BCUT2D eigenvalue weighted by Gasteiger charge is 2.29. The maximum atomic E-state index is 13.8. The van der Waals surface area contributed by atoms with Gasteiger partial charge in [-0.05, 0) is 24.6 Å². The van der Waals surface area contributed by atoms with E-state index in [2.05, 4.69) is 10.4 Å². The Hall–Kier alpha value is -2.55. The molecule has 2 aromatic rings. The highest BCUT2D eigenvalue weighted by Crippen LogP contribution is 2.18. The van der Waals surface area contributed by atoms with E-state index < -0.39 is 33.2 Å². The molecule has 9 heteroatoms. The molecule has 1 N–H and O–H groups in total. The molecule has 1 aliphatic heterocycles. The van der Waals surface area contributed by atoms with E-state index in [4.69, 9.17) is 0 Å². The van der Waals surface area contributed by atoms with Crippen molar-refractivity contribution in [2.45, 2.75) is 19.0 Å². The minimum absolute atomic E-state index is 0.0406. The quantitative estimate of drug-likeness (QED) is 0.843. The smallest absolute Gasteiger partial charge is 0.267 e. The van der Waals surface area contributed by atoms with Gasteiger partial charge >= 0.3 is 0 Å². The van der Waals surface area contributed by atoms with Crippen molar-refractivity contribution in [3.63, 3.8) is 0 Å². The standard InChI is InChI=1S/C16H16FN3O4S/c17-13-4-2-1-3-12(13)14-5-6-16(22)20(19-14)9-15(21)18-11-7-8-25(23,24)10-11/h1-6,11H,7-10H2,(H,18,21). The molecule has 0 saturated carbocycles. The molecule has 1 atom stereocenters. The van der Waals surface area contributed by atoms with Crippen molar-refractivity contribution in [3.05, 3.63) is 52.6 Å². The number of carbonyl (C=O) groups excluding carboxylic acids is 1. The maximum Gasteiger partial charge on any atom is 0.267 e. The second-order valence-electron chi connectivity index (χ2n) is 5.86. The summed E-state index contributed by atoms with van der Waals surface area (Å²) in [6, 6.07) is 8.12. The molecule has 1 aliphatic rings. The normalized spacial score (nSPS) is 18.8. The monoisotopic (exact) mass is 365 g/mol. The van der Waals surface area contributed by atoms with E-state index in [-0.39, 0.29) is 29.3 Å². The van der Waals surface area contributed by atoms with Crippen LogP contribution >= 0.6 is 0 Å². The van der Waals surface area contributed by atoms with Gasteiger partial charge < -0.3 is 5.32 Å². The number of amides is 1. The lowest BCUT2D eigenvalue weighted by Gasteiger charge is -2.12. The third-order valence-corrected chi connectivity index (χ3v) is 5.68. The molecule has 132 valence electrons. The molecule has 1 saturated heterocycles. The van der Waals surface area contributed by atoms with Crippen LogP contribution in [0, 0.1) is 5.82 Å². The second-order valence-corrected chi connectivity index (χ2v) is 8.09. The minimum Gasteiger partial charge on any atom is -0.351 e. The molecule has 7 nitrogen and oxygen atoms in total. The van der Waals surface area contributed by atoms with Gasteiger partial charge in [0, 0.05) is 17.7 Å². The summed E-state index contributed by atoms with van der Waals surface area (Å²) in [4.78, 5) is 24.0. The fourth-order valence-electron chi connectivity index (χ4n) is 2.69. The molecule has 0 spiro atoms. The van der Waals surface area contributed by atoms with Crippen LogP contribution in [0.3, 0.4) is 0 Å². The lowest BCUT2D eigenvalue weighted by Crippen LogP contribution is -2.40. The number of carbonyl (C=O) groups is 1. The summed E-state index contributed by atoms with van der Waals surface area (Å²) in [6.45, 7) is -0.363. The predicted molar refractivity (Wildman–Crippen MR) is 89.1 cm³/mol. The highest BCUT2D eigenvalue weighted by molar-refractivity contribution is 7.91. The lowest BCUT2D eigenvalue weighted by atomic mass is 10.1. The Morgan fingerprint density at radius 2 is 2.04 bits per heavy atom. The van der Waals surface area contributed by atoms with Crippen molar-refractivity contribution in [2.24, 2.45) is 0 Å². The van der Waals surface area contributed by atoms with E-state index in [0.717, 1.165) is 4.68 Å². The van der Waals surface area contributed by atoms with E-state index in [1.807, 2.05) is 0 Å². The number of aromatic nitrogens is 2. The van der Waals surface area contributed by atoms with Gasteiger partial charge in [0.2, 0.25) is 5.91 Å². The van der Waals surface area contributed by atoms with Crippen molar-refractivity contribution in [1.82, 2.24) is 15.1 Å². The van der Waals surface area contributed by atoms with E-state index in [9.17, 15) is 22.4 Å². The Bertz CT molecular complexity index is 971. The highest BCUT2D eigenvalue weighted by atomic mass is 32.2. The maximum absolute atomic E-state index is 13.8. The fraction of sp³-hybridized carbons (Fsp3) is 0.312. The summed E-state index contributed by atoms with van der Waals surface area (Å²) >= 11 is 0. The van der Waals surface area contributed by atoms with E-state index in [1.165, 1.54) is 30.3 Å². The van der Waals surface area contributed by atoms with E-state index >= 15 is 0 Å². The van der Waals surface area contributed by atoms with Crippen molar-refractivity contribution in [1.29, 1.82) is 0 Å². The first kappa shape index (κ1) is 17.3. The molecule has 1 aromatic carbocycles. The zero-order valence-electron chi connectivity index (χ0n) is 13.2. The molecule has 1 amide bonds. The Kier molecular flexibility index (Phi) is 4.67. The van der Waals surface area contributed by atoms with Crippen LogP contribution in [-0.2, 0) is 21.2 Å². The van der Waals surface area contributed by atoms with Crippen molar-refractivity contribution in [3.8, 4) is 11.3 Å². The average Bonchev–Trinajstić information content (AvgIpc) is 2.89. The predicted octanol–water partition coefficient (Wildman–Crippen LogP) is 0.353. The Balaban J connectivity index is 1.76. The van der Waals surface area contributed by atoms with Gasteiger partial charge in [-0.3, -0.25) is 9.59 Å². The molecule has 0 radical (unpaired) electrons. The molecule has 2 heterocycles. The first-order valence-electron chi connectivity index (χ1n) is 7.67. The van der Waals surface area contributed by atoms with E-state index in [0.29, 0.717) is 6.42 Å². The largest absolute Gasteiger partial charge is 0.351 e. The van der Waals surface area contributed by atoms with Gasteiger partial charge in [0.15, 0.2) is 9.84 Å².